The van der Waals surface area contributed by atoms with Crippen molar-refractivity contribution in [2.75, 3.05) is 0 Å². The maximum Gasteiger partial charge on any atom is 0.123 e. The van der Waals surface area contributed by atoms with Gasteiger partial charge in [0, 0.05) is 9.75 Å². The van der Waals surface area contributed by atoms with Crippen LogP contribution >= 0.6 is 11.3 Å². The van der Waals surface area contributed by atoms with Gasteiger partial charge in [-0.1, -0.05) is 18.6 Å². The van der Waals surface area contributed by atoms with Crippen LogP contribution in [0, 0.1) is 5.82 Å². The van der Waals surface area contributed by atoms with Gasteiger partial charge in [-0.2, -0.15) is 0 Å². The van der Waals surface area contributed by atoms with Crippen LogP contribution in [0.5, 0.6) is 0 Å². The van der Waals surface area contributed by atoms with E-state index in [1.807, 2.05) is 11.3 Å². The van der Waals surface area contributed by atoms with Gasteiger partial charge in [0.05, 0.1) is 6.04 Å². The number of benzene rings is 1. The maximum atomic E-state index is 12.9. The molecule has 0 amide bonds. The summed E-state index contributed by atoms with van der Waals surface area (Å²) in [6.45, 7) is 0. The number of aryl methyl sites for hydroxylation is 2. The Kier molecular flexibility index (Phi) is 3.67. The zero-order valence-electron chi connectivity index (χ0n) is 10.9. The monoisotopic (exact) mass is 275 g/mol. The zero-order valence-corrected chi connectivity index (χ0v) is 11.7. The molecular formula is C16H18FNS. The summed E-state index contributed by atoms with van der Waals surface area (Å²) in [6.07, 6.45) is 6.28. The van der Waals surface area contributed by atoms with Gasteiger partial charge in [-0.25, -0.2) is 4.39 Å². The van der Waals surface area contributed by atoms with Crippen LogP contribution in [-0.2, 0) is 12.8 Å². The molecule has 0 saturated carbocycles. The van der Waals surface area contributed by atoms with E-state index < -0.39 is 0 Å². The van der Waals surface area contributed by atoms with Crippen molar-refractivity contribution in [1.29, 1.82) is 0 Å². The van der Waals surface area contributed by atoms with Crippen molar-refractivity contribution in [3.05, 3.63) is 57.0 Å². The van der Waals surface area contributed by atoms with Crippen molar-refractivity contribution in [3.8, 4) is 0 Å². The molecule has 0 saturated heterocycles. The van der Waals surface area contributed by atoms with Crippen molar-refractivity contribution in [2.45, 2.75) is 38.1 Å². The molecule has 3 rings (SSSR count). The first-order valence-electron chi connectivity index (χ1n) is 6.86. The van der Waals surface area contributed by atoms with Gasteiger partial charge >= 0.3 is 0 Å². The lowest BCUT2D eigenvalue weighted by Gasteiger charge is -2.09. The molecule has 0 bridgehead atoms. The van der Waals surface area contributed by atoms with Gasteiger partial charge in [0.2, 0.25) is 0 Å². The summed E-state index contributed by atoms with van der Waals surface area (Å²) in [7, 11) is 0. The smallest absolute Gasteiger partial charge is 0.123 e. The Morgan fingerprint density at radius 1 is 1.05 bits per heavy atom. The minimum atomic E-state index is -0.210. The van der Waals surface area contributed by atoms with E-state index in [0.29, 0.717) is 0 Å². The number of hydrogen-bond donors (Lipinski definition) is 1. The maximum absolute atomic E-state index is 12.9. The molecule has 2 aromatic rings. The molecule has 1 unspecified atom stereocenters. The number of thiophene rings is 1. The molecule has 1 atom stereocenters. The highest BCUT2D eigenvalue weighted by molar-refractivity contribution is 7.12. The van der Waals surface area contributed by atoms with Gasteiger partial charge in [-0.15, -0.1) is 11.3 Å². The second-order valence-electron chi connectivity index (χ2n) is 5.19. The molecule has 1 aromatic carbocycles. The lowest BCUT2D eigenvalue weighted by Crippen LogP contribution is -2.10. The Labute approximate surface area is 117 Å². The highest BCUT2D eigenvalue weighted by atomic mass is 32.1. The minimum absolute atomic E-state index is 0.127. The Morgan fingerprint density at radius 3 is 2.58 bits per heavy atom. The summed E-state index contributed by atoms with van der Waals surface area (Å²) in [6, 6.07) is 8.66. The number of hydrogen-bond acceptors (Lipinski definition) is 2. The molecule has 1 nitrogen and oxygen atoms in total. The fraction of sp³-hybridized carbons (Fsp3) is 0.375. The number of halogens is 1. The summed E-state index contributed by atoms with van der Waals surface area (Å²) >= 11 is 1.84. The topological polar surface area (TPSA) is 26.0 Å². The highest BCUT2D eigenvalue weighted by Gasteiger charge is 2.17. The van der Waals surface area contributed by atoms with Crippen molar-refractivity contribution >= 4 is 11.3 Å². The van der Waals surface area contributed by atoms with Gasteiger partial charge in [0.15, 0.2) is 0 Å². The molecular weight excluding hydrogens is 257 g/mol. The third kappa shape index (κ3) is 2.72. The molecule has 1 aromatic heterocycles. The number of fused-ring (bicyclic) bond motifs is 1. The van der Waals surface area contributed by atoms with E-state index in [9.17, 15) is 4.39 Å². The van der Waals surface area contributed by atoms with Gasteiger partial charge in [-0.05, 0) is 55.0 Å². The molecule has 1 heterocycles. The van der Waals surface area contributed by atoms with E-state index in [1.54, 1.807) is 12.1 Å². The summed E-state index contributed by atoms with van der Waals surface area (Å²) < 4.78 is 12.9. The predicted octanol–water partition coefficient (Wildman–Crippen LogP) is 4.20. The second kappa shape index (κ2) is 5.43. The van der Waals surface area contributed by atoms with Crippen LogP contribution in [0.25, 0.3) is 0 Å². The third-order valence-electron chi connectivity index (χ3n) is 3.80. The highest BCUT2D eigenvalue weighted by Crippen LogP contribution is 2.33. The van der Waals surface area contributed by atoms with Crippen molar-refractivity contribution < 1.29 is 4.39 Å². The normalized spacial score (nSPS) is 16.7. The summed E-state index contributed by atoms with van der Waals surface area (Å²) in [5, 5.41) is 0. The van der Waals surface area contributed by atoms with E-state index in [2.05, 4.69) is 6.07 Å². The molecule has 1 aliphatic carbocycles. The van der Waals surface area contributed by atoms with Crippen molar-refractivity contribution in [3.63, 3.8) is 0 Å². The Hall–Kier alpha value is -1.19. The molecule has 0 aliphatic heterocycles. The average molecular weight is 275 g/mol. The van der Waals surface area contributed by atoms with Gasteiger partial charge < -0.3 is 5.73 Å². The Morgan fingerprint density at radius 2 is 1.79 bits per heavy atom. The van der Waals surface area contributed by atoms with Gasteiger partial charge in [0.1, 0.15) is 5.82 Å². The van der Waals surface area contributed by atoms with E-state index in [-0.39, 0.29) is 11.9 Å². The van der Waals surface area contributed by atoms with E-state index in [1.165, 1.54) is 59.6 Å². The molecule has 3 heteroatoms. The lowest BCUT2D eigenvalue weighted by molar-refractivity contribution is 0.626. The van der Waals surface area contributed by atoms with Crippen LogP contribution in [0.4, 0.5) is 4.39 Å². The molecule has 1 aliphatic rings. The van der Waals surface area contributed by atoms with Gasteiger partial charge in [-0.3, -0.25) is 0 Å². The van der Waals surface area contributed by atoms with Crippen LogP contribution in [0.1, 0.15) is 46.2 Å². The molecule has 0 spiro atoms. The first-order valence-corrected chi connectivity index (χ1v) is 7.68. The third-order valence-corrected chi connectivity index (χ3v) is 5.12. The summed E-state index contributed by atoms with van der Waals surface area (Å²) in [4.78, 5) is 2.71. The van der Waals surface area contributed by atoms with Gasteiger partial charge in [0.25, 0.3) is 0 Å². The van der Waals surface area contributed by atoms with Crippen LogP contribution < -0.4 is 5.73 Å². The number of rotatable bonds is 2. The SMILES string of the molecule is NC(c1ccc(F)cc1)c1cc2c(s1)CCCCC2. The minimum Gasteiger partial charge on any atom is -0.320 e. The second-order valence-corrected chi connectivity index (χ2v) is 6.36. The number of nitrogens with two attached hydrogens (primary N) is 1. The molecule has 0 radical (unpaired) electrons. The van der Waals surface area contributed by atoms with Crippen LogP contribution in [-0.4, -0.2) is 0 Å². The summed E-state index contributed by atoms with van der Waals surface area (Å²) in [5.74, 6) is -0.210. The van der Waals surface area contributed by atoms with E-state index >= 15 is 0 Å². The van der Waals surface area contributed by atoms with E-state index in [4.69, 9.17) is 5.73 Å². The quantitative estimate of drug-likeness (QED) is 0.817. The lowest BCUT2D eigenvalue weighted by atomic mass is 10.0. The van der Waals surface area contributed by atoms with Crippen molar-refractivity contribution in [2.24, 2.45) is 5.73 Å². The standard InChI is InChI=1S/C16H18FNS/c17-13-8-6-11(7-9-13)16(18)15-10-12-4-2-1-3-5-14(12)19-15/h6-10,16H,1-5,18H2. The largest absolute Gasteiger partial charge is 0.320 e. The van der Waals surface area contributed by atoms with Crippen LogP contribution in [0.15, 0.2) is 30.3 Å². The van der Waals surface area contributed by atoms with E-state index in [0.717, 1.165) is 5.56 Å². The fourth-order valence-corrected chi connectivity index (χ4v) is 3.97. The first kappa shape index (κ1) is 12.8. The molecule has 2 N–H and O–H groups in total. The molecule has 0 fully saturated rings. The van der Waals surface area contributed by atoms with Crippen LogP contribution in [0.3, 0.4) is 0 Å². The fourth-order valence-electron chi connectivity index (χ4n) is 2.68. The first-order chi connectivity index (χ1) is 9.24. The molecule has 100 valence electrons. The van der Waals surface area contributed by atoms with Crippen molar-refractivity contribution in [1.82, 2.24) is 0 Å². The Bertz CT molecular complexity index is 535. The predicted molar refractivity (Wildman–Crippen MR) is 78.0 cm³/mol. The Balaban J connectivity index is 1.87. The average Bonchev–Trinajstić information content (AvgIpc) is 2.70. The van der Waals surface area contributed by atoms with Crippen LogP contribution in [0.2, 0.25) is 0 Å². The zero-order chi connectivity index (χ0) is 13.2. The molecule has 19 heavy (non-hydrogen) atoms. The summed E-state index contributed by atoms with van der Waals surface area (Å²) in [5.41, 5.74) is 8.77.